The second kappa shape index (κ2) is 4.07. The Morgan fingerprint density at radius 3 is 3.23 bits per heavy atom. The van der Waals surface area contributed by atoms with Crippen LogP contribution in [0, 0.1) is 0 Å². The van der Waals surface area contributed by atoms with Gasteiger partial charge in [0.15, 0.2) is 5.13 Å². The Morgan fingerprint density at radius 2 is 2.62 bits per heavy atom. The molecular formula is C9H14N2OS. The molecule has 13 heavy (non-hydrogen) atoms. The minimum Gasteiger partial charge on any atom is -0.381 e. The Kier molecular flexibility index (Phi) is 2.80. The Bertz CT molecular complexity index is 268. The average Bonchev–Trinajstić information content (AvgIpc) is 2.67. The van der Waals surface area contributed by atoms with Gasteiger partial charge >= 0.3 is 0 Å². The summed E-state index contributed by atoms with van der Waals surface area (Å²) in [5, 5.41) is 4.05. The van der Waals surface area contributed by atoms with E-state index in [9.17, 15) is 0 Å². The van der Waals surface area contributed by atoms with Crippen molar-refractivity contribution in [2.45, 2.75) is 18.8 Å². The van der Waals surface area contributed by atoms with Gasteiger partial charge in [-0.25, -0.2) is 4.98 Å². The van der Waals surface area contributed by atoms with E-state index < -0.39 is 0 Å². The molecule has 0 saturated carbocycles. The number of aromatic nitrogens is 1. The quantitative estimate of drug-likeness (QED) is 0.790. The summed E-state index contributed by atoms with van der Waals surface area (Å²) < 4.78 is 5.44. The first kappa shape index (κ1) is 8.97. The van der Waals surface area contributed by atoms with Crippen LogP contribution in [0.3, 0.4) is 0 Å². The SMILES string of the molecule is CNc1ncc(C2CCCOC2)s1. The lowest BCUT2D eigenvalue weighted by molar-refractivity contribution is 0.0813. The maximum Gasteiger partial charge on any atom is 0.182 e. The van der Waals surface area contributed by atoms with E-state index in [1.54, 1.807) is 11.3 Å². The van der Waals surface area contributed by atoms with Crippen molar-refractivity contribution in [3.63, 3.8) is 0 Å². The van der Waals surface area contributed by atoms with E-state index in [0.717, 1.165) is 18.3 Å². The van der Waals surface area contributed by atoms with Gasteiger partial charge in [-0.15, -0.1) is 11.3 Å². The Labute approximate surface area is 82.1 Å². The molecular weight excluding hydrogens is 184 g/mol. The molecule has 1 N–H and O–H groups in total. The van der Waals surface area contributed by atoms with Crippen LogP contribution in [0.1, 0.15) is 23.6 Å². The second-order valence-electron chi connectivity index (χ2n) is 3.23. The van der Waals surface area contributed by atoms with Crippen LogP contribution in [-0.4, -0.2) is 25.2 Å². The topological polar surface area (TPSA) is 34.2 Å². The third kappa shape index (κ3) is 2.00. The zero-order valence-corrected chi connectivity index (χ0v) is 8.56. The van der Waals surface area contributed by atoms with Crippen LogP contribution < -0.4 is 5.32 Å². The molecule has 0 aliphatic carbocycles. The number of nitrogens with zero attached hydrogens (tertiary/aromatic N) is 1. The van der Waals surface area contributed by atoms with Crippen molar-refractivity contribution in [1.29, 1.82) is 0 Å². The van der Waals surface area contributed by atoms with Crippen molar-refractivity contribution in [3.05, 3.63) is 11.1 Å². The predicted molar refractivity (Wildman–Crippen MR) is 54.5 cm³/mol. The average molecular weight is 198 g/mol. The molecule has 3 nitrogen and oxygen atoms in total. The van der Waals surface area contributed by atoms with Gasteiger partial charge in [-0.3, -0.25) is 0 Å². The molecule has 1 aliphatic rings. The van der Waals surface area contributed by atoms with Gasteiger partial charge in [-0.05, 0) is 12.8 Å². The first-order chi connectivity index (χ1) is 6.40. The first-order valence-corrected chi connectivity index (χ1v) is 5.43. The minimum absolute atomic E-state index is 0.577. The summed E-state index contributed by atoms with van der Waals surface area (Å²) in [7, 11) is 1.90. The number of hydrogen-bond donors (Lipinski definition) is 1. The lowest BCUT2D eigenvalue weighted by atomic mass is 10.0. The van der Waals surface area contributed by atoms with Crippen molar-refractivity contribution in [1.82, 2.24) is 4.98 Å². The van der Waals surface area contributed by atoms with Crippen LogP contribution >= 0.6 is 11.3 Å². The molecule has 0 radical (unpaired) electrons. The maximum atomic E-state index is 5.44. The summed E-state index contributed by atoms with van der Waals surface area (Å²) in [6, 6.07) is 0. The molecule has 1 aromatic rings. The molecule has 1 unspecified atom stereocenters. The molecule has 1 saturated heterocycles. The smallest absolute Gasteiger partial charge is 0.182 e. The van der Waals surface area contributed by atoms with Crippen molar-refractivity contribution >= 4 is 16.5 Å². The highest BCUT2D eigenvalue weighted by Crippen LogP contribution is 2.31. The highest BCUT2D eigenvalue weighted by Gasteiger charge is 2.18. The summed E-state index contributed by atoms with van der Waals surface area (Å²) >= 11 is 1.74. The number of thiazole rings is 1. The van der Waals surface area contributed by atoms with Gasteiger partial charge in [0.2, 0.25) is 0 Å². The van der Waals surface area contributed by atoms with E-state index in [4.69, 9.17) is 4.74 Å². The number of anilines is 1. The summed E-state index contributed by atoms with van der Waals surface area (Å²) in [6.07, 6.45) is 4.39. The van der Waals surface area contributed by atoms with Crippen LogP contribution in [0.15, 0.2) is 6.20 Å². The van der Waals surface area contributed by atoms with Gasteiger partial charge in [0, 0.05) is 30.6 Å². The summed E-state index contributed by atoms with van der Waals surface area (Å²) in [5.74, 6) is 0.577. The number of nitrogens with one attached hydrogen (secondary N) is 1. The van der Waals surface area contributed by atoms with Gasteiger partial charge in [0.05, 0.1) is 6.61 Å². The molecule has 2 heterocycles. The number of ether oxygens (including phenoxy) is 1. The van der Waals surface area contributed by atoms with Crippen molar-refractivity contribution in [2.75, 3.05) is 25.6 Å². The van der Waals surface area contributed by atoms with E-state index in [0.29, 0.717) is 5.92 Å². The Morgan fingerprint density at radius 1 is 1.69 bits per heavy atom. The van der Waals surface area contributed by atoms with Crippen molar-refractivity contribution in [2.24, 2.45) is 0 Å². The van der Waals surface area contributed by atoms with Crippen LogP contribution in [-0.2, 0) is 4.74 Å². The Balaban J connectivity index is 2.05. The van der Waals surface area contributed by atoms with Gasteiger partial charge in [-0.2, -0.15) is 0 Å². The van der Waals surface area contributed by atoms with E-state index >= 15 is 0 Å². The third-order valence-electron chi connectivity index (χ3n) is 2.30. The molecule has 1 aromatic heterocycles. The zero-order chi connectivity index (χ0) is 9.10. The second-order valence-corrected chi connectivity index (χ2v) is 4.29. The van der Waals surface area contributed by atoms with Crippen LogP contribution in [0.5, 0.6) is 0 Å². The molecule has 0 aromatic carbocycles. The minimum atomic E-state index is 0.577. The summed E-state index contributed by atoms with van der Waals surface area (Å²) in [4.78, 5) is 5.61. The lowest BCUT2D eigenvalue weighted by Crippen LogP contribution is -2.14. The fraction of sp³-hybridized carbons (Fsp3) is 0.667. The van der Waals surface area contributed by atoms with Gasteiger partial charge in [-0.1, -0.05) is 0 Å². The van der Waals surface area contributed by atoms with E-state index in [-0.39, 0.29) is 0 Å². The molecule has 4 heteroatoms. The molecule has 0 amide bonds. The van der Waals surface area contributed by atoms with E-state index in [2.05, 4.69) is 10.3 Å². The Hall–Kier alpha value is -0.610. The standard InChI is InChI=1S/C9H14N2OS/c1-10-9-11-5-8(13-9)7-3-2-4-12-6-7/h5,7H,2-4,6H2,1H3,(H,10,11). The molecule has 2 rings (SSSR count). The van der Waals surface area contributed by atoms with E-state index in [1.165, 1.54) is 17.7 Å². The first-order valence-electron chi connectivity index (χ1n) is 4.61. The highest BCUT2D eigenvalue weighted by molar-refractivity contribution is 7.15. The molecule has 0 spiro atoms. The lowest BCUT2D eigenvalue weighted by Gasteiger charge is -2.20. The predicted octanol–water partition coefficient (Wildman–Crippen LogP) is 2.08. The van der Waals surface area contributed by atoms with Crippen molar-refractivity contribution < 1.29 is 4.74 Å². The fourth-order valence-electron chi connectivity index (χ4n) is 1.56. The summed E-state index contributed by atoms with van der Waals surface area (Å²) in [5.41, 5.74) is 0. The zero-order valence-electron chi connectivity index (χ0n) is 7.75. The van der Waals surface area contributed by atoms with Gasteiger partial charge in [0.1, 0.15) is 0 Å². The van der Waals surface area contributed by atoms with Crippen LogP contribution in [0.25, 0.3) is 0 Å². The molecule has 1 atom stereocenters. The van der Waals surface area contributed by atoms with Crippen LogP contribution in [0.4, 0.5) is 5.13 Å². The monoisotopic (exact) mass is 198 g/mol. The third-order valence-corrected chi connectivity index (χ3v) is 3.48. The number of hydrogen-bond acceptors (Lipinski definition) is 4. The maximum absolute atomic E-state index is 5.44. The molecule has 1 fully saturated rings. The largest absolute Gasteiger partial charge is 0.381 e. The fourth-order valence-corrected chi connectivity index (χ4v) is 2.44. The van der Waals surface area contributed by atoms with Crippen molar-refractivity contribution in [3.8, 4) is 0 Å². The van der Waals surface area contributed by atoms with Gasteiger partial charge < -0.3 is 10.1 Å². The molecule has 0 bridgehead atoms. The number of rotatable bonds is 2. The van der Waals surface area contributed by atoms with E-state index in [1.807, 2.05) is 13.2 Å². The molecule has 72 valence electrons. The van der Waals surface area contributed by atoms with Crippen LogP contribution in [0.2, 0.25) is 0 Å². The van der Waals surface area contributed by atoms with Gasteiger partial charge in [0.25, 0.3) is 0 Å². The highest BCUT2D eigenvalue weighted by atomic mass is 32.1. The molecule has 1 aliphatic heterocycles. The normalized spacial score (nSPS) is 23.0. The summed E-state index contributed by atoms with van der Waals surface area (Å²) in [6.45, 7) is 1.79.